The molecule has 1 aliphatic rings. The van der Waals surface area contributed by atoms with Crippen molar-refractivity contribution in [2.45, 2.75) is 38.7 Å². The summed E-state index contributed by atoms with van der Waals surface area (Å²) in [6.45, 7) is 5.79. The molecule has 3 rings (SSSR count). The van der Waals surface area contributed by atoms with Gasteiger partial charge in [0.1, 0.15) is 12.4 Å². The third-order valence-electron chi connectivity index (χ3n) is 6.09. The van der Waals surface area contributed by atoms with Gasteiger partial charge in [-0.2, -0.15) is 31.4 Å². The molecule has 4 N–H and O–H groups in total. The molecule has 0 bridgehead atoms. The fraction of sp³-hybridized carbons (Fsp3) is 0.478. The van der Waals surface area contributed by atoms with Crippen LogP contribution in [0.5, 0.6) is 5.75 Å². The zero-order valence-corrected chi connectivity index (χ0v) is 20.8. The lowest BCUT2D eigenvalue weighted by Gasteiger charge is -2.42. The molecule has 0 fully saturated rings. The van der Waals surface area contributed by atoms with Gasteiger partial charge in [0.15, 0.2) is 12.1 Å². The van der Waals surface area contributed by atoms with Crippen molar-refractivity contribution in [3.63, 3.8) is 0 Å². The van der Waals surface area contributed by atoms with Gasteiger partial charge in [-0.15, -0.1) is 0 Å². The Bertz CT molecular complexity index is 1140. The van der Waals surface area contributed by atoms with Crippen LogP contribution in [-0.2, 0) is 15.8 Å². The molecule has 2 unspecified atom stereocenters. The lowest BCUT2D eigenvalue weighted by atomic mass is 10.0. The Morgan fingerprint density at radius 1 is 1.08 bits per heavy atom. The zero-order chi connectivity index (χ0) is 28.4. The second kappa shape index (κ2) is 11.3. The van der Waals surface area contributed by atoms with E-state index in [2.05, 4.69) is 9.82 Å². The number of pyridine rings is 1. The highest BCUT2D eigenvalue weighted by atomic mass is 19.4. The lowest BCUT2D eigenvalue weighted by Crippen LogP contribution is -2.60. The van der Waals surface area contributed by atoms with Crippen LogP contribution in [0.3, 0.4) is 0 Å². The van der Waals surface area contributed by atoms with Gasteiger partial charge in [0.2, 0.25) is 0 Å². The summed E-state index contributed by atoms with van der Waals surface area (Å²) in [4.78, 5) is 23.4. The van der Waals surface area contributed by atoms with Gasteiger partial charge in [-0.1, -0.05) is 26.0 Å². The minimum Gasteiger partial charge on any atom is -0.492 e. The number of alkyl halides is 6. The first-order valence-corrected chi connectivity index (χ1v) is 11.6. The van der Waals surface area contributed by atoms with Crippen LogP contribution in [0.4, 0.5) is 32.2 Å². The Hall–Kier alpha value is -3.14. The number of benzene rings is 1. The SMILES string of the molecule is CCN(CC)CCOc1cccc(C(F)(F)F)c1-c1ccc2c(n1)N(OC(=O)C(F)(F)F)C(N)N(C)C2N. The van der Waals surface area contributed by atoms with E-state index in [1.165, 1.54) is 36.2 Å². The maximum atomic E-state index is 14.0. The number of anilines is 1. The van der Waals surface area contributed by atoms with Gasteiger partial charge in [-0.3, -0.25) is 10.6 Å². The van der Waals surface area contributed by atoms with E-state index >= 15 is 0 Å². The first kappa shape index (κ1) is 29.4. The minimum atomic E-state index is -5.37. The molecule has 9 nitrogen and oxygen atoms in total. The number of hydrogen-bond acceptors (Lipinski definition) is 9. The van der Waals surface area contributed by atoms with Crippen LogP contribution >= 0.6 is 0 Å². The summed E-state index contributed by atoms with van der Waals surface area (Å²) in [6.07, 6.45) is -12.7. The van der Waals surface area contributed by atoms with E-state index < -0.39 is 47.7 Å². The molecule has 0 amide bonds. The molecule has 1 aromatic heterocycles. The van der Waals surface area contributed by atoms with Crippen LogP contribution in [0.25, 0.3) is 11.3 Å². The van der Waals surface area contributed by atoms with Gasteiger partial charge in [0, 0.05) is 12.1 Å². The summed E-state index contributed by atoms with van der Waals surface area (Å²) in [7, 11) is 1.36. The van der Waals surface area contributed by atoms with E-state index in [0.29, 0.717) is 24.7 Å². The van der Waals surface area contributed by atoms with Crippen molar-refractivity contribution in [1.29, 1.82) is 0 Å². The number of hydroxylamine groups is 1. The topological polar surface area (TPSA) is 110 Å². The monoisotopic (exact) mass is 550 g/mol. The van der Waals surface area contributed by atoms with Crippen LogP contribution in [0.15, 0.2) is 30.3 Å². The number of aromatic nitrogens is 1. The summed E-state index contributed by atoms with van der Waals surface area (Å²) < 4.78 is 86.6. The molecule has 0 spiro atoms. The molecule has 2 atom stereocenters. The second-order valence-electron chi connectivity index (χ2n) is 8.39. The van der Waals surface area contributed by atoms with E-state index in [0.717, 1.165) is 6.07 Å². The van der Waals surface area contributed by atoms with Crippen LogP contribution in [0, 0.1) is 0 Å². The van der Waals surface area contributed by atoms with Crippen LogP contribution in [0.1, 0.15) is 31.1 Å². The van der Waals surface area contributed by atoms with Crippen LogP contribution in [-0.4, -0.2) is 66.5 Å². The minimum absolute atomic E-state index is 0.0663. The highest BCUT2D eigenvalue weighted by Gasteiger charge is 2.46. The van der Waals surface area contributed by atoms with Crippen molar-refractivity contribution < 1.29 is 40.7 Å². The van der Waals surface area contributed by atoms with Gasteiger partial charge in [0.05, 0.1) is 23.0 Å². The van der Waals surface area contributed by atoms with Crippen molar-refractivity contribution in [3.8, 4) is 17.0 Å². The van der Waals surface area contributed by atoms with Crippen molar-refractivity contribution in [1.82, 2.24) is 14.8 Å². The molecule has 2 aromatic rings. The average Bonchev–Trinajstić information content (AvgIpc) is 2.86. The number of nitrogens with zero attached hydrogens (tertiary/aromatic N) is 4. The van der Waals surface area contributed by atoms with Crippen LogP contribution in [0.2, 0.25) is 0 Å². The van der Waals surface area contributed by atoms with Gasteiger partial charge in [-0.25, -0.2) is 9.78 Å². The van der Waals surface area contributed by atoms with Gasteiger partial charge in [-0.05, 0) is 38.3 Å². The Morgan fingerprint density at radius 2 is 1.74 bits per heavy atom. The van der Waals surface area contributed by atoms with Crippen molar-refractivity contribution >= 4 is 11.8 Å². The maximum Gasteiger partial charge on any atom is 0.493 e. The Morgan fingerprint density at radius 3 is 2.32 bits per heavy atom. The number of ether oxygens (including phenoxy) is 1. The maximum absolute atomic E-state index is 14.0. The lowest BCUT2D eigenvalue weighted by molar-refractivity contribution is -0.204. The van der Waals surface area contributed by atoms with E-state index in [1.807, 2.05) is 18.7 Å². The highest BCUT2D eigenvalue weighted by Crippen LogP contribution is 2.43. The summed E-state index contributed by atoms with van der Waals surface area (Å²) >= 11 is 0. The quantitative estimate of drug-likeness (QED) is 0.478. The summed E-state index contributed by atoms with van der Waals surface area (Å²) in [6, 6.07) is 5.86. The number of hydrogen-bond donors (Lipinski definition) is 2. The third-order valence-corrected chi connectivity index (χ3v) is 6.09. The molecule has 210 valence electrons. The number of fused-ring (bicyclic) bond motifs is 1. The van der Waals surface area contributed by atoms with E-state index in [9.17, 15) is 31.1 Å². The zero-order valence-electron chi connectivity index (χ0n) is 20.8. The van der Waals surface area contributed by atoms with Crippen molar-refractivity contribution in [3.05, 3.63) is 41.5 Å². The predicted octanol–water partition coefficient (Wildman–Crippen LogP) is 3.46. The van der Waals surface area contributed by atoms with Crippen LogP contribution < -0.4 is 21.3 Å². The Kier molecular flexibility index (Phi) is 8.75. The third kappa shape index (κ3) is 6.11. The second-order valence-corrected chi connectivity index (χ2v) is 8.39. The molecule has 0 saturated heterocycles. The van der Waals surface area contributed by atoms with Gasteiger partial charge >= 0.3 is 18.3 Å². The summed E-state index contributed by atoms with van der Waals surface area (Å²) in [5.41, 5.74) is 10.3. The first-order valence-electron chi connectivity index (χ1n) is 11.6. The fourth-order valence-corrected chi connectivity index (χ4v) is 3.90. The number of carbonyl (C=O) groups excluding carboxylic acids is 1. The summed E-state index contributed by atoms with van der Waals surface area (Å²) in [5, 5.41) is 0.370. The number of likely N-dealkylation sites (N-methyl/N-ethyl adjacent to an activating group) is 1. The molecule has 1 aliphatic heterocycles. The predicted molar refractivity (Wildman–Crippen MR) is 125 cm³/mol. The van der Waals surface area contributed by atoms with E-state index in [4.69, 9.17) is 16.2 Å². The molecule has 38 heavy (non-hydrogen) atoms. The normalized spacial score (nSPS) is 18.5. The largest absolute Gasteiger partial charge is 0.493 e. The number of carbonyl (C=O) groups is 1. The van der Waals surface area contributed by atoms with Crippen molar-refractivity contribution in [2.24, 2.45) is 11.5 Å². The Labute approximate surface area is 214 Å². The molecular formula is C23H28F6N6O3. The summed E-state index contributed by atoms with van der Waals surface area (Å²) in [5.74, 6) is -3.17. The first-order chi connectivity index (χ1) is 17.7. The molecule has 2 heterocycles. The number of rotatable bonds is 8. The molecule has 0 radical (unpaired) electrons. The molecule has 0 saturated carbocycles. The molecule has 15 heteroatoms. The van der Waals surface area contributed by atoms with Crippen molar-refractivity contribution in [2.75, 3.05) is 38.4 Å². The fourth-order valence-electron chi connectivity index (χ4n) is 3.90. The Balaban J connectivity index is 2.13. The van der Waals surface area contributed by atoms with Gasteiger partial charge in [0.25, 0.3) is 0 Å². The smallest absolute Gasteiger partial charge is 0.492 e. The highest BCUT2D eigenvalue weighted by molar-refractivity contribution is 5.78. The molecule has 0 aliphatic carbocycles. The average molecular weight is 551 g/mol. The van der Waals surface area contributed by atoms with E-state index in [-0.39, 0.29) is 23.6 Å². The standard InChI is InChI=1S/C23H28F6N6O3/c1-4-34(5-2)11-12-37-16-8-6-7-14(22(24,25)26)17(16)15-10-9-13-18(30)33(3)21(31)35(19(13)32-15)38-20(36)23(27,28)29/h6-10,18,21H,4-5,11-12,30-31H2,1-3H3. The molecule has 1 aromatic carbocycles. The number of halogens is 6. The van der Waals surface area contributed by atoms with E-state index in [1.54, 1.807) is 0 Å². The van der Waals surface area contributed by atoms with Gasteiger partial charge < -0.3 is 20.2 Å². The number of nitrogens with two attached hydrogens (primary N) is 2. The molecular weight excluding hydrogens is 522 g/mol.